The molecule has 2 aromatic carbocycles. The summed E-state index contributed by atoms with van der Waals surface area (Å²) in [4.78, 5) is 12.5. The Bertz CT molecular complexity index is 640. The van der Waals surface area contributed by atoms with Gasteiger partial charge in [-0.25, -0.2) is 0 Å². The van der Waals surface area contributed by atoms with E-state index in [1.165, 1.54) is 0 Å². The number of aliphatic hydroxyl groups excluding tert-OH is 1. The Kier molecular flexibility index (Phi) is 4.48. The number of anilines is 1. The van der Waals surface area contributed by atoms with E-state index in [-0.39, 0.29) is 12.5 Å². The molecule has 0 saturated carbocycles. The summed E-state index contributed by atoms with van der Waals surface area (Å²) in [7, 11) is 0. The molecule has 0 aromatic heterocycles. The van der Waals surface area contributed by atoms with Crippen LogP contribution in [0.2, 0.25) is 0 Å². The maximum atomic E-state index is 12.5. The molecule has 4 nitrogen and oxygen atoms in total. The van der Waals surface area contributed by atoms with Crippen LogP contribution >= 0.6 is 0 Å². The van der Waals surface area contributed by atoms with Gasteiger partial charge in [-0.1, -0.05) is 38.1 Å². The summed E-state index contributed by atoms with van der Waals surface area (Å²) in [6.07, 6.45) is 1.33. The molecular weight excluding hydrogens is 264 g/mol. The molecule has 0 atom stereocenters. The first kappa shape index (κ1) is 15.3. The van der Waals surface area contributed by atoms with E-state index in [2.05, 4.69) is 5.32 Å². The fraction of sp³-hybridized carbons (Fsp3) is 0.353. The van der Waals surface area contributed by atoms with Gasteiger partial charge in [-0.05, 0) is 35.7 Å². The second-order valence-electron chi connectivity index (χ2n) is 5.39. The van der Waals surface area contributed by atoms with E-state index >= 15 is 0 Å². The largest absolute Gasteiger partial charge is 0.398 e. The van der Waals surface area contributed by atoms with Crippen LogP contribution in [0, 0.1) is 0 Å². The van der Waals surface area contributed by atoms with Crippen LogP contribution in [-0.2, 0) is 0 Å². The second-order valence-corrected chi connectivity index (χ2v) is 5.39. The molecule has 4 heteroatoms. The van der Waals surface area contributed by atoms with Crippen molar-refractivity contribution in [3.8, 4) is 0 Å². The molecule has 21 heavy (non-hydrogen) atoms. The van der Waals surface area contributed by atoms with Gasteiger partial charge in [0.05, 0.1) is 17.7 Å². The predicted octanol–water partition coefficient (Wildman–Crippen LogP) is 2.70. The SMILES string of the molecule is CCC(CC)(CO)NC(=O)c1cc2ccccc2cc1N. The third-order valence-corrected chi connectivity index (χ3v) is 4.20. The first-order valence-corrected chi connectivity index (χ1v) is 7.27. The first-order valence-electron chi connectivity index (χ1n) is 7.27. The van der Waals surface area contributed by atoms with Crippen LogP contribution in [0.1, 0.15) is 37.0 Å². The van der Waals surface area contributed by atoms with Gasteiger partial charge in [-0.15, -0.1) is 0 Å². The number of nitrogens with one attached hydrogen (secondary N) is 1. The third kappa shape index (κ3) is 3.00. The van der Waals surface area contributed by atoms with E-state index < -0.39 is 5.54 Å². The van der Waals surface area contributed by atoms with Crippen LogP contribution in [0.4, 0.5) is 5.69 Å². The smallest absolute Gasteiger partial charge is 0.253 e. The second kappa shape index (κ2) is 6.14. The number of nitrogen functional groups attached to an aromatic ring is 1. The van der Waals surface area contributed by atoms with Gasteiger partial charge in [0.15, 0.2) is 0 Å². The number of hydrogen-bond acceptors (Lipinski definition) is 3. The lowest BCUT2D eigenvalue weighted by molar-refractivity contribution is 0.0819. The van der Waals surface area contributed by atoms with Crippen LogP contribution < -0.4 is 11.1 Å². The van der Waals surface area contributed by atoms with E-state index in [4.69, 9.17) is 5.73 Å². The highest BCUT2D eigenvalue weighted by molar-refractivity contribution is 6.04. The fourth-order valence-electron chi connectivity index (χ4n) is 2.45. The lowest BCUT2D eigenvalue weighted by atomic mass is 9.93. The molecule has 0 fully saturated rings. The summed E-state index contributed by atoms with van der Waals surface area (Å²) in [5, 5.41) is 14.5. The Morgan fingerprint density at radius 1 is 1.19 bits per heavy atom. The third-order valence-electron chi connectivity index (χ3n) is 4.20. The molecule has 0 radical (unpaired) electrons. The van der Waals surface area contributed by atoms with E-state index in [1.54, 1.807) is 6.07 Å². The Balaban J connectivity index is 2.37. The summed E-state index contributed by atoms with van der Waals surface area (Å²) in [6.45, 7) is 3.81. The van der Waals surface area contributed by atoms with Gasteiger partial charge in [0, 0.05) is 5.69 Å². The summed E-state index contributed by atoms with van der Waals surface area (Å²) in [5.41, 5.74) is 6.32. The topological polar surface area (TPSA) is 75.3 Å². The summed E-state index contributed by atoms with van der Waals surface area (Å²) >= 11 is 0. The maximum absolute atomic E-state index is 12.5. The van der Waals surface area contributed by atoms with Crippen molar-refractivity contribution in [2.45, 2.75) is 32.2 Å². The Morgan fingerprint density at radius 2 is 1.76 bits per heavy atom. The summed E-state index contributed by atoms with van der Waals surface area (Å²) in [5.74, 6) is -0.240. The van der Waals surface area contributed by atoms with Crippen molar-refractivity contribution in [1.82, 2.24) is 5.32 Å². The van der Waals surface area contributed by atoms with E-state index in [0.717, 1.165) is 10.8 Å². The number of nitrogens with two attached hydrogens (primary N) is 1. The fourth-order valence-corrected chi connectivity index (χ4v) is 2.45. The highest BCUT2D eigenvalue weighted by Gasteiger charge is 2.28. The molecule has 0 spiro atoms. The van der Waals surface area contributed by atoms with Gasteiger partial charge < -0.3 is 16.2 Å². The van der Waals surface area contributed by atoms with Crippen molar-refractivity contribution in [1.29, 1.82) is 0 Å². The zero-order valence-electron chi connectivity index (χ0n) is 12.5. The zero-order valence-corrected chi connectivity index (χ0v) is 12.5. The first-order chi connectivity index (χ1) is 10.0. The van der Waals surface area contributed by atoms with E-state index in [1.807, 2.05) is 44.2 Å². The number of fused-ring (bicyclic) bond motifs is 1. The van der Waals surface area contributed by atoms with E-state index in [0.29, 0.717) is 24.1 Å². The van der Waals surface area contributed by atoms with Crippen molar-refractivity contribution < 1.29 is 9.90 Å². The molecular formula is C17H22N2O2. The highest BCUT2D eigenvalue weighted by atomic mass is 16.3. The highest BCUT2D eigenvalue weighted by Crippen LogP contribution is 2.23. The van der Waals surface area contributed by atoms with Gasteiger partial charge >= 0.3 is 0 Å². The molecule has 1 amide bonds. The number of benzene rings is 2. The molecule has 2 aromatic rings. The number of carbonyl (C=O) groups excluding carboxylic acids is 1. The van der Waals surface area contributed by atoms with Crippen LogP contribution in [-0.4, -0.2) is 23.2 Å². The molecule has 0 saturated heterocycles. The molecule has 0 unspecified atom stereocenters. The summed E-state index contributed by atoms with van der Waals surface area (Å²) in [6, 6.07) is 11.4. The van der Waals surface area contributed by atoms with Gasteiger partial charge in [0.1, 0.15) is 0 Å². The molecule has 4 N–H and O–H groups in total. The maximum Gasteiger partial charge on any atom is 0.253 e. The minimum atomic E-state index is -0.588. The lowest BCUT2D eigenvalue weighted by Crippen LogP contribution is -2.50. The van der Waals surface area contributed by atoms with Crippen molar-refractivity contribution in [3.63, 3.8) is 0 Å². The quantitative estimate of drug-likeness (QED) is 0.740. The molecule has 0 bridgehead atoms. The normalized spacial score (nSPS) is 11.6. The Labute approximate surface area is 125 Å². The minimum absolute atomic E-state index is 0.0841. The molecule has 0 aliphatic carbocycles. The average molecular weight is 286 g/mol. The van der Waals surface area contributed by atoms with Crippen LogP contribution in [0.25, 0.3) is 10.8 Å². The number of aliphatic hydroxyl groups is 1. The minimum Gasteiger partial charge on any atom is -0.398 e. The average Bonchev–Trinajstić information content (AvgIpc) is 2.52. The number of amides is 1. The molecule has 0 aliphatic rings. The van der Waals surface area contributed by atoms with Gasteiger partial charge in [-0.3, -0.25) is 4.79 Å². The van der Waals surface area contributed by atoms with E-state index in [9.17, 15) is 9.90 Å². The Morgan fingerprint density at radius 3 is 2.29 bits per heavy atom. The number of hydrogen-bond donors (Lipinski definition) is 3. The standard InChI is InChI=1S/C17H22N2O2/c1-3-17(4-2,11-20)19-16(21)14-9-12-7-5-6-8-13(12)10-15(14)18/h5-10,20H,3-4,11,18H2,1-2H3,(H,19,21). The van der Waals surface area contributed by atoms with Gasteiger partial charge in [-0.2, -0.15) is 0 Å². The molecule has 0 heterocycles. The summed E-state index contributed by atoms with van der Waals surface area (Å²) < 4.78 is 0. The Hall–Kier alpha value is -2.07. The van der Waals surface area contributed by atoms with Gasteiger partial charge in [0.2, 0.25) is 0 Å². The molecule has 0 aliphatic heterocycles. The van der Waals surface area contributed by atoms with Crippen molar-refractivity contribution in [2.24, 2.45) is 0 Å². The zero-order chi connectivity index (χ0) is 15.5. The van der Waals surface area contributed by atoms with Gasteiger partial charge in [0.25, 0.3) is 5.91 Å². The number of carbonyl (C=O) groups is 1. The van der Waals surface area contributed by atoms with Crippen molar-refractivity contribution in [3.05, 3.63) is 42.0 Å². The van der Waals surface area contributed by atoms with Crippen LogP contribution in [0.15, 0.2) is 36.4 Å². The monoisotopic (exact) mass is 286 g/mol. The molecule has 112 valence electrons. The lowest BCUT2D eigenvalue weighted by Gasteiger charge is -2.31. The van der Waals surface area contributed by atoms with Crippen LogP contribution in [0.3, 0.4) is 0 Å². The molecule has 2 rings (SSSR count). The van der Waals surface area contributed by atoms with Crippen LogP contribution in [0.5, 0.6) is 0 Å². The van der Waals surface area contributed by atoms with Crippen molar-refractivity contribution >= 4 is 22.4 Å². The van der Waals surface area contributed by atoms with Crippen molar-refractivity contribution in [2.75, 3.05) is 12.3 Å². The predicted molar refractivity (Wildman–Crippen MR) is 86.2 cm³/mol. The number of rotatable bonds is 5.